The van der Waals surface area contributed by atoms with E-state index in [4.69, 9.17) is 0 Å². The molecule has 4 heteroatoms. The Kier molecular flexibility index (Phi) is 4.18. The molecular weight excluding hydrogens is 280 g/mol. The lowest BCUT2D eigenvalue weighted by Gasteiger charge is -2.15. The molecule has 0 radical (unpaired) electrons. The Morgan fingerprint density at radius 3 is 2.94 bits per heavy atom. The fraction of sp³-hybridized carbons (Fsp3) is 0.462. The lowest BCUT2D eigenvalue weighted by atomic mass is 10.0. The summed E-state index contributed by atoms with van der Waals surface area (Å²) in [7, 11) is 0. The van der Waals surface area contributed by atoms with Crippen LogP contribution in [0.4, 0.5) is 0 Å². The van der Waals surface area contributed by atoms with Crippen molar-refractivity contribution in [1.82, 2.24) is 10.6 Å². The summed E-state index contributed by atoms with van der Waals surface area (Å²) in [6.45, 7) is 3.63. The zero-order valence-corrected chi connectivity index (χ0v) is 11.5. The van der Waals surface area contributed by atoms with Crippen LogP contribution in [0.1, 0.15) is 18.9 Å². The van der Waals surface area contributed by atoms with E-state index in [0.29, 0.717) is 12.5 Å². The van der Waals surface area contributed by atoms with Gasteiger partial charge in [0.15, 0.2) is 0 Å². The number of carbonyl (C=O) groups excluding carboxylic acids is 1. The molecule has 1 amide bonds. The molecule has 2 unspecified atom stereocenters. The van der Waals surface area contributed by atoms with Gasteiger partial charge in [0.25, 0.3) is 0 Å². The maximum absolute atomic E-state index is 12.0. The average Bonchev–Trinajstić information content (AvgIpc) is 2.74. The van der Waals surface area contributed by atoms with E-state index in [1.165, 1.54) is 0 Å². The number of halogens is 1. The first-order valence-electron chi connectivity index (χ1n) is 5.93. The Bertz CT molecular complexity index is 408. The van der Waals surface area contributed by atoms with Gasteiger partial charge in [0.05, 0.1) is 6.04 Å². The second kappa shape index (κ2) is 5.65. The molecule has 0 aliphatic carbocycles. The molecule has 2 N–H and O–H groups in total. The van der Waals surface area contributed by atoms with Gasteiger partial charge >= 0.3 is 0 Å². The Balaban J connectivity index is 1.90. The number of nitrogens with one attached hydrogen (secondary N) is 2. The molecule has 1 saturated heterocycles. The molecule has 0 aromatic heterocycles. The number of benzene rings is 1. The third-order valence-electron chi connectivity index (χ3n) is 3.23. The number of carbonyl (C=O) groups is 1. The predicted octanol–water partition coefficient (Wildman–Crippen LogP) is 2.06. The van der Waals surface area contributed by atoms with Crippen molar-refractivity contribution in [3.05, 3.63) is 34.3 Å². The summed E-state index contributed by atoms with van der Waals surface area (Å²) < 4.78 is 1.03. The van der Waals surface area contributed by atoms with E-state index in [2.05, 4.69) is 33.5 Å². The van der Waals surface area contributed by atoms with E-state index in [9.17, 15) is 4.79 Å². The van der Waals surface area contributed by atoms with Crippen LogP contribution in [-0.4, -0.2) is 18.5 Å². The standard InChI is InChI=1S/C13H17BrN2O/c1-9-6-7-15-12(9)13(17)16-8-10-4-2-3-5-11(10)14/h2-5,9,12,15H,6-8H2,1H3,(H,16,17). The van der Waals surface area contributed by atoms with E-state index in [0.717, 1.165) is 23.0 Å². The number of rotatable bonds is 3. The maximum atomic E-state index is 12.0. The molecule has 0 bridgehead atoms. The summed E-state index contributed by atoms with van der Waals surface area (Å²) in [6.07, 6.45) is 1.08. The topological polar surface area (TPSA) is 41.1 Å². The van der Waals surface area contributed by atoms with Gasteiger partial charge in [0.1, 0.15) is 0 Å². The molecule has 1 aromatic rings. The third-order valence-corrected chi connectivity index (χ3v) is 4.00. The van der Waals surface area contributed by atoms with Crippen LogP contribution in [0.15, 0.2) is 28.7 Å². The van der Waals surface area contributed by atoms with Gasteiger partial charge in [-0.25, -0.2) is 0 Å². The fourth-order valence-electron chi connectivity index (χ4n) is 2.12. The van der Waals surface area contributed by atoms with Gasteiger partial charge in [-0.2, -0.15) is 0 Å². The molecule has 1 aliphatic heterocycles. The third kappa shape index (κ3) is 3.07. The SMILES string of the molecule is CC1CCNC1C(=O)NCc1ccccc1Br. The molecule has 1 heterocycles. The van der Waals surface area contributed by atoms with E-state index in [1.807, 2.05) is 24.3 Å². The van der Waals surface area contributed by atoms with Crippen molar-refractivity contribution in [2.45, 2.75) is 25.9 Å². The molecule has 0 saturated carbocycles. The van der Waals surface area contributed by atoms with Gasteiger partial charge < -0.3 is 10.6 Å². The van der Waals surface area contributed by atoms with Gasteiger partial charge in [-0.05, 0) is 30.5 Å². The van der Waals surface area contributed by atoms with Crippen LogP contribution < -0.4 is 10.6 Å². The number of amides is 1. The molecule has 92 valence electrons. The van der Waals surface area contributed by atoms with E-state index < -0.39 is 0 Å². The monoisotopic (exact) mass is 296 g/mol. The van der Waals surface area contributed by atoms with Gasteiger partial charge in [0.2, 0.25) is 5.91 Å². The zero-order chi connectivity index (χ0) is 12.3. The number of hydrogen-bond donors (Lipinski definition) is 2. The van der Waals surface area contributed by atoms with Crippen molar-refractivity contribution >= 4 is 21.8 Å². The highest BCUT2D eigenvalue weighted by atomic mass is 79.9. The first kappa shape index (κ1) is 12.6. The largest absolute Gasteiger partial charge is 0.351 e. The van der Waals surface area contributed by atoms with Crippen LogP contribution in [-0.2, 0) is 11.3 Å². The second-order valence-electron chi connectivity index (χ2n) is 4.51. The second-order valence-corrected chi connectivity index (χ2v) is 5.36. The molecular formula is C13H17BrN2O. The van der Waals surface area contributed by atoms with E-state index >= 15 is 0 Å². The van der Waals surface area contributed by atoms with Crippen molar-refractivity contribution in [1.29, 1.82) is 0 Å². The van der Waals surface area contributed by atoms with Crippen LogP contribution in [0.3, 0.4) is 0 Å². The van der Waals surface area contributed by atoms with Crippen molar-refractivity contribution in [2.24, 2.45) is 5.92 Å². The Morgan fingerprint density at radius 1 is 1.53 bits per heavy atom. The van der Waals surface area contributed by atoms with Crippen LogP contribution in [0.25, 0.3) is 0 Å². The van der Waals surface area contributed by atoms with Crippen LogP contribution in [0, 0.1) is 5.92 Å². The fourth-order valence-corrected chi connectivity index (χ4v) is 2.54. The lowest BCUT2D eigenvalue weighted by Crippen LogP contribution is -2.42. The minimum absolute atomic E-state index is 0.0301. The quantitative estimate of drug-likeness (QED) is 0.896. The molecule has 2 atom stereocenters. The van der Waals surface area contributed by atoms with Crippen molar-refractivity contribution in [3.63, 3.8) is 0 Å². The molecule has 1 aromatic carbocycles. The molecule has 2 rings (SSSR count). The molecule has 1 fully saturated rings. The minimum atomic E-state index is -0.0301. The predicted molar refractivity (Wildman–Crippen MR) is 71.6 cm³/mol. The smallest absolute Gasteiger partial charge is 0.237 e. The van der Waals surface area contributed by atoms with Crippen molar-refractivity contribution in [3.8, 4) is 0 Å². The summed E-state index contributed by atoms with van der Waals surface area (Å²) >= 11 is 3.47. The van der Waals surface area contributed by atoms with Crippen LogP contribution in [0.5, 0.6) is 0 Å². The van der Waals surface area contributed by atoms with Gasteiger partial charge in [0, 0.05) is 11.0 Å². The summed E-state index contributed by atoms with van der Waals surface area (Å²) in [6, 6.07) is 7.91. The summed E-state index contributed by atoms with van der Waals surface area (Å²) in [5, 5.41) is 6.21. The van der Waals surface area contributed by atoms with Crippen LogP contribution >= 0.6 is 15.9 Å². The molecule has 1 aliphatic rings. The van der Waals surface area contributed by atoms with Gasteiger partial charge in [-0.1, -0.05) is 41.1 Å². The maximum Gasteiger partial charge on any atom is 0.237 e. The summed E-state index contributed by atoms with van der Waals surface area (Å²) in [5.41, 5.74) is 1.10. The normalized spacial score (nSPS) is 23.6. The number of hydrogen-bond acceptors (Lipinski definition) is 2. The Labute approximate surface area is 110 Å². The highest BCUT2D eigenvalue weighted by Crippen LogP contribution is 2.17. The van der Waals surface area contributed by atoms with Crippen molar-refractivity contribution < 1.29 is 4.79 Å². The van der Waals surface area contributed by atoms with E-state index in [1.54, 1.807) is 0 Å². The highest BCUT2D eigenvalue weighted by molar-refractivity contribution is 9.10. The van der Waals surface area contributed by atoms with Crippen LogP contribution in [0.2, 0.25) is 0 Å². The average molecular weight is 297 g/mol. The summed E-state index contributed by atoms with van der Waals surface area (Å²) in [4.78, 5) is 12.0. The first-order chi connectivity index (χ1) is 8.18. The zero-order valence-electron chi connectivity index (χ0n) is 9.87. The Hall–Kier alpha value is -0.870. The molecule has 0 spiro atoms. The molecule has 17 heavy (non-hydrogen) atoms. The van der Waals surface area contributed by atoms with E-state index in [-0.39, 0.29) is 11.9 Å². The lowest BCUT2D eigenvalue weighted by molar-refractivity contribution is -0.123. The minimum Gasteiger partial charge on any atom is -0.351 e. The van der Waals surface area contributed by atoms with Gasteiger partial charge in [-0.3, -0.25) is 4.79 Å². The van der Waals surface area contributed by atoms with Gasteiger partial charge in [-0.15, -0.1) is 0 Å². The molecule has 3 nitrogen and oxygen atoms in total. The highest BCUT2D eigenvalue weighted by Gasteiger charge is 2.28. The summed E-state index contributed by atoms with van der Waals surface area (Å²) in [5.74, 6) is 0.528. The van der Waals surface area contributed by atoms with Crippen molar-refractivity contribution in [2.75, 3.05) is 6.54 Å². The first-order valence-corrected chi connectivity index (χ1v) is 6.72. The Morgan fingerprint density at radius 2 is 2.29 bits per heavy atom.